The third-order valence-electron chi connectivity index (χ3n) is 4.49. The van der Waals surface area contributed by atoms with E-state index >= 15 is 0 Å². The maximum atomic E-state index is 13.0. The van der Waals surface area contributed by atoms with Gasteiger partial charge in [-0.2, -0.15) is 0 Å². The monoisotopic (exact) mass is 357 g/mol. The molecule has 26 heavy (non-hydrogen) atoms. The molecule has 0 bridgehead atoms. The summed E-state index contributed by atoms with van der Waals surface area (Å²) in [5, 5.41) is 10.9. The molecule has 6 nitrogen and oxygen atoms in total. The molecule has 1 amide bonds. The first kappa shape index (κ1) is 18.0. The molecule has 1 fully saturated rings. The van der Waals surface area contributed by atoms with Crippen molar-refractivity contribution in [3.8, 4) is 0 Å². The molecule has 0 aliphatic carbocycles. The van der Waals surface area contributed by atoms with Crippen molar-refractivity contribution < 1.29 is 14.1 Å². The summed E-state index contributed by atoms with van der Waals surface area (Å²) >= 11 is 0. The van der Waals surface area contributed by atoms with Crippen LogP contribution in [0.25, 0.3) is 0 Å². The van der Waals surface area contributed by atoms with Gasteiger partial charge in [0.15, 0.2) is 0 Å². The van der Waals surface area contributed by atoms with Crippen LogP contribution in [-0.2, 0) is 6.54 Å². The van der Waals surface area contributed by atoms with Gasteiger partial charge in [-0.25, -0.2) is 4.39 Å². The number of amides is 1. The van der Waals surface area contributed by atoms with Crippen LogP contribution >= 0.6 is 0 Å². The van der Waals surface area contributed by atoms with Gasteiger partial charge in [0, 0.05) is 50.4 Å². The summed E-state index contributed by atoms with van der Waals surface area (Å²) < 4.78 is 13.0. The molecular weight excluding hydrogens is 337 g/mol. The minimum atomic E-state index is -0.394. The molecule has 0 spiro atoms. The number of nitro benzene ring substituents is 1. The molecule has 0 radical (unpaired) electrons. The Bertz CT molecular complexity index is 795. The van der Waals surface area contributed by atoms with Gasteiger partial charge in [-0.15, -0.1) is 0 Å². The summed E-state index contributed by atoms with van der Waals surface area (Å²) in [4.78, 5) is 27.0. The Labute approximate surface area is 151 Å². The molecule has 0 atom stereocenters. The average molecular weight is 357 g/mol. The maximum absolute atomic E-state index is 13.0. The second-order valence-corrected chi connectivity index (χ2v) is 6.36. The second-order valence-electron chi connectivity index (χ2n) is 6.36. The minimum absolute atomic E-state index is 0.0884. The van der Waals surface area contributed by atoms with Crippen LogP contribution in [0.3, 0.4) is 0 Å². The zero-order valence-corrected chi connectivity index (χ0v) is 14.3. The lowest BCUT2D eigenvalue weighted by molar-refractivity contribution is -0.384. The van der Waals surface area contributed by atoms with Crippen molar-refractivity contribution in [1.82, 2.24) is 9.80 Å². The smallest absolute Gasteiger partial charge is 0.269 e. The lowest BCUT2D eigenvalue weighted by atomic mass is 10.2. The second kappa shape index (κ2) is 8.05. The molecule has 1 saturated heterocycles. The number of carbonyl (C=O) groups excluding carboxylic acids is 1. The van der Waals surface area contributed by atoms with Crippen molar-refractivity contribution in [2.75, 3.05) is 26.2 Å². The molecule has 0 N–H and O–H groups in total. The van der Waals surface area contributed by atoms with E-state index in [4.69, 9.17) is 0 Å². The van der Waals surface area contributed by atoms with Crippen molar-refractivity contribution in [2.45, 2.75) is 13.0 Å². The highest BCUT2D eigenvalue weighted by Crippen LogP contribution is 2.16. The van der Waals surface area contributed by atoms with E-state index in [9.17, 15) is 19.3 Å². The van der Waals surface area contributed by atoms with Crippen LogP contribution in [0, 0.1) is 15.9 Å². The predicted octanol–water partition coefficient (Wildman–Crippen LogP) is 3.08. The molecule has 2 aromatic carbocycles. The third kappa shape index (κ3) is 4.43. The normalized spacial score (nSPS) is 15.5. The number of benzene rings is 2. The summed E-state index contributed by atoms with van der Waals surface area (Å²) in [6, 6.07) is 12.2. The molecule has 136 valence electrons. The zero-order chi connectivity index (χ0) is 18.5. The van der Waals surface area contributed by atoms with Crippen molar-refractivity contribution in [2.24, 2.45) is 0 Å². The predicted molar refractivity (Wildman–Crippen MR) is 95.3 cm³/mol. The number of nitrogens with zero attached hydrogens (tertiary/aromatic N) is 3. The number of non-ortho nitro benzene ring substituents is 1. The van der Waals surface area contributed by atoms with E-state index in [-0.39, 0.29) is 17.4 Å². The highest BCUT2D eigenvalue weighted by molar-refractivity contribution is 5.94. The Balaban J connectivity index is 1.61. The Morgan fingerprint density at radius 2 is 1.85 bits per heavy atom. The van der Waals surface area contributed by atoms with E-state index < -0.39 is 4.92 Å². The first-order chi connectivity index (χ1) is 12.5. The SMILES string of the molecule is O=C(c1ccc(F)cc1)N1CCCN(Cc2cccc([N+](=O)[O-])c2)CC1. The summed E-state index contributed by atoms with van der Waals surface area (Å²) in [5.41, 5.74) is 1.46. The van der Waals surface area contributed by atoms with Gasteiger partial charge in [0.2, 0.25) is 0 Å². The number of rotatable bonds is 4. The fourth-order valence-corrected chi connectivity index (χ4v) is 3.13. The average Bonchev–Trinajstić information content (AvgIpc) is 2.87. The molecule has 3 rings (SSSR count). The number of nitro groups is 1. The largest absolute Gasteiger partial charge is 0.337 e. The topological polar surface area (TPSA) is 66.7 Å². The van der Waals surface area contributed by atoms with Crippen LogP contribution < -0.4 is 0 Å². The number of carbonyl (C=O) groups is 1. The Morgan fingerprint density at radius 3 is 2.58 bits per heavy atom. The first-order valence-electron chi connectivity index (χ1n) is 8.53. The molecule has 1 aliphatic heterocycles. The first-order valence-corrected chi connectivity index (χ1v) is 8.53. The van der Waals surface area contributed by atoms with Crippen molar-refractivity contribution in [1.29, 1.82) is 0 Å². The van der Waals surface area contributed by atoms with Crippen LogP contribution in [0.2, 0.25) is 0 Å². The molecule has 2 aromatic rings. The van der Waals surface area contributed by atoms with E-state index in [1.54, 1.807) is 17.0 Å². The highest BCUT2D eigenvalue weighted by Gasteiger charge is 2.20. The van der Waals surface area contributed by atoms with Crippen LogP contribution in [0.1, 0.15) is 22.3 Å². The zero-order valence-electron chi connectivity index (χ0n) is 14.3. The van der Waals surface area contributed by atoms with Gasteiger partial charge in [0.1, 0.15) is 5.82 Å². The van der Waals surface area contributed by atoms with Crippen LogP contribution in [0.4, 0.5) is 10.1 Å². The third-order valence-corrected chi connectivity index (χ3v) is 4.49. The quantitative estimate of drug-likeness (QED) is 0.623. The summed E-state index contributed by atoms with van der Waals surface area (Å²) in [5.74, 6) is -0.456. The molecule has 0 aromatic heterocycles. The van der Waals surface area contributed by atoms with Gasteiger partial charge in [-0.3, -0.25) is 19.8 Å². The van der Waals surface area contributed by atoms with E-state index in [2.05, 4.69) is 4.90 Å². The van der Waals surface area contributed by atoms with Crippen molar-refractivity contribution >= 4 is 11.6 Å². The minimum Gasteiger partial charge on any atom is -0.337 e. The van der Waals surface area contributed by atoms with Gasteiger partial charge >= 0.3 is 0 Å². The van der Waals surface area contributed by atoms with Crippen molar-refractivity contribution in [3.05, 3.63) is 75.6 Å². The fourth-order valence-electron chi connectivity index (χ4n) is 3.13. The van der Waals surface area contributed by atoms with Crippen molar-refractivity contribution in [3.63, 3.8) is 0 Å². The molecule has 7 heteroatoms. The Hall–Kier alpha value is -2.80. The summed E-state index contributed by atoms with van der Waals surface area (Å²) in [7, 11) is 0. The standard InChI is InChI=1S/C19H20FN3O3/c20-17-7-5-16(6-8-17)19(24)22-10-2-9-21(11-12-22)14-15-3-1-4-18(13-15)23(25)26/h1,3-8,13H,2,9-12,14H2. The number of hydrogen-bond donors (Lipinski definition) is 0. The van der Waals surface area contributed by atoms with E-state index in [1.807, 2.05) is 6.07 Å². The fraction of sp³-hybridized carbons (Fsp3) is 0.316. The molecule has 0 unspecified atom stereocenters. The lowest BCUT2D eigenvalue weighted by Gasteiger charge is -2.22. The van der Waals surface area contributed by atoms with Crippen LogP contribution in [0.5, 0.6) is 0 Å². The highest BCUT2D eigenvalue weighted by atomic mass is 19.1. The maximum Gasteiger partial charge on any atom is 0.269 e. The molecule has 1 heterocycles. The van der Waals surface area contributed by atoms with Gasteiger partial charge in [-0.1, -0.05) is 12.1 Å². The number of halogens is 1. The van der Waals surface area contributed by atoms with Gasteiger partial charge < -0.3 is 4.90 Å². The Morgan fingerprint density at radius 1 is 1.08 bits per heavy atom. The summed E-state index contributed by atoms with van der Waals surface area (Å²) in [6.45, 7) is 3.33. The van der Waals surface area contributed by atoms with E-state index in [1.165, 1.54) is 30.3 Å². The number of hydrogen-bond acceptors (Lipinski definition) is 4. The van der Waals surface area contributed by atoms with Gasteiger partial charge in [0.25, 0.3) is 11.6 Å². The van der Waals surface area contributed by atoms with E-state index in [0.29, 0.717) is 31.7 Å². The Kier molecular flexibility index (Phi) is 5.58. The van der Waals surface area contributed by atoms with Crippen LogP contribution in [0.15, 0.2) is 48.5 Å². The molecule has 1 aliphatic rings. The molecule has 0 saturated carbocycles. The molecular formula is C19H20FN3O3. The van der Waals surface area contributed by atoms with Gasteiger partial charge in [0.05, 0.1) is 4.92 Å². The van der Waals surface area contributed by atoms with E-state index in [0.717, 1.165) is 18.5 Å². The van der Waals surface area contributed by atoms with Gasteiger partial charge in [-0.05, 0) is 36.2 Å². The summed E-state index contributed by atoms with van der Waals surface area (Å²) in [6.07, 6.45) is 0.821. The van der Waals surface area contributed by atoms with Crippen LogP contribution in [-0.4, -0.2) is 46.8 Å². The lowest BCUT2D eigenvalue weighted by Crippen LogP contribution is -2.35.